The number of likely N-dealkylation sites (tertiary alicyclic amines) is 1. The zero-order chi connectivity index (χ0) is 19.1. The molecule has 8 heteroatoms. The van der Waals surface area contributed by atoms with Crippen LogP contribution in [-0.2, 0) is 6.42 Å². The van der Waals surface area contributed by atoms with E-state index in [2.05, 4.69) is 48.2 Å². The van der Waals surface area contributed by atoms with Crippen molar-refractivity contribution in [2.45, 2.75) is 39.5 Å². The van der Waals surface area contributed by atoms with Crippen molar-refractivity contribution in [3.05, 3.63) is 5.82 Å². The first kappa shape index (κ1) is 20.3. The summed E-state index contributed by atoms with van der Waals surface area (Å²) in [6.07, 6.45) is 5.03. The van der Waals surface area contributed by atoms with Gasteiger partial charge in [-0.2, -0.15) is 4.37 Å². The van der Waals surface area contributed by atoms with E-state index in [1.54, 1.807) is 0 Å². The highest BCUT2D eigenvalue weighted by Crippen LogP contribution is 2.19. The number of nitrogens with one attached hydrogen (secondary N) is 1. The largest absolute Gasteiger partial charge is 0.356 e. The van der Waals surface area contributed by atoms with Crippen LogP contribution in [0.3, 0.4) is 0 Å². The first-order valence-electron chi connectivity index (χ1n) is 10.4. The summed E-state index contributed by atoms with van der Waals surface area (Å²) < 4.78 is 4.41. The van der Waals surface area contributed by atoms with Gasteiger partial charge in [0, 0.05) is 64.3 Å². The van der Waals surface area contributed by atoms with Crippen molar-refractivity contribution in [1.29, 1.82) is 0 Å². The van der Waals surface area contributed by atoms with E-state index in [0.29, 0.717) is 5.92 Å². The molecule has 2 saturated heterocycles. The predicted octanol–water partition coefficient (Wildman–Crippen LogP) is 1.92. The average Bonchev–Trinajstić information content (AvgIpc) is 3.19. The number of piperazine rings is 1. The maximum atomic E-state index is 4.62. The molecule has 0 amide bonds. The van der Waals surface area contributed by atoms with Crippen molar-refractivity contribution in [2.24, 2.45) is 10.9 Å². The summed E-state index contributed by atoms with van der Waals surface area (Å²) in [5, 5.41) is 4.66. The maximum absolute atomic E-state index is 4.62. The van der Waals surface area contributed by atoms with Crippen molar-refractivity contribution in [3.8, 4) is 0 Å². The third kappa shape index (κ3) is 5.78. The smallest absolute Gasteiger partial charge is 0.205 e. The van der Waals surface area contributed by atoms with Crippen LogP contribution in [0.5, 0.6) is 0 Å². The number of piperidine rings is 1. The fraction of sp³-hybridized carbons (Fsp3) is 0.842. The summed E-state index contributed by atoms with van der Waals surface area (Å²) >= 11 is 1.52. The molecule has 7 nitrogen and oxygen atoms in total. The molecule has 0 saturated carbocycles. The summed E-state index contributed by atoms with van der Waals surface area (Å²) in [5.74, 6) is 2.62. The molecular weight excluding hydrogens is 358 g/mol. The van der Waals surface area contributed by atoms with Crippen molar-refractivity contribution >= 4 is 22.6 Å². The third-order valence-corrected chi connectivity index (χ3v) is 6.28. The molecule has 152 valence electrons. The lowest BCUT2D eigenvalue weighted by molar-refractivity contribution is 0.200. The molecule has 2 fully saturated rings. The third-order valence-electron chi connectivity index (χ3n) is 5.46. The van der Waals surface area contributed by atoms with Crippen LogP contribution >= 0.6 is 11.5 Å². The van der Waals surface area contributed by atoms with E-state index >= 15 is 0 Å². The Hall–Kier alpha value is -1.41. The van der Waals surface area contributed by atoms with Gasteiger partial charge in [-0.05, 0) is 31.8 Å². The second-order valence-corrected chi connectivity index (χ2v) is 8.45. The number of aryl methyl sites for hydroxylation is 1. The van der Waals surface area contributed by atoms with Gasteiger partial charge in [0.15, 0.2) is 5.96 Å². The molecular formula is C19H35N7S. The van der Waals surface area contributed by atoms with E-state index in [1.807, 2.05) is 7.05 Å². The first-order chi connectivity index (χ1) is 13.2. The molecule has 0 aromatic carbocycles. The van der Waals surface area contributed by atoms with Crippen molar-refractivity contribution in [2.75, 3.05) is 64.3 Å². The quantitative estimate of drug-likeness (QED) is 0.589. The zero-order valence-corrected chi connectivity index (χ0v) is 18.0. The van der Waals surface area contributed by atoms with Crippen molar-refractivity contribution in [1.82, 2.24) is 24.5 Å². The molecule has 2 aliphatic rings. The highest BCUT2D eigenvalue weighted by atomic mass is 32.1. The summed E-state index contributed by atoms with van der Waals surface area (Å²) in [7, 11) is 1.89. The number of hydrogen-bond acceptors (Lipinski definition) is 6. The Morgan fingerprint density at radius 2 is 1.89 bits per heavy atom. The Bertz CT molecular complexity index is 589. The van der Waals surface area contributed by atoms with Crippen LogP contribution in [0.15, 0.2) is 4.99 Å². The van der Waals surface area contributed by atoms with Crippen LogP contribution in [0.4, 0.5) is 5.13 Å². The number of anilines is 1. The monoisotopic (exact) mass is 393 g/mol. The van der Waals surface area contributed by atoms with E-state index in [0.717, 1.165) is 56.1 Å². The Morgan fingerprint density at radius 3 is 2.52 bits per heavy atom. The van der Waals surface area contributed by atoms with Crippen LogP contribution in [0, 0.1) is 5.92 Å². The molecule has 1 unspecified atom stereocenters. The summed E-state index contributed by atoms with van der Waals surface area (Å²) in [4.78, 5) is 16.5. The average molecular weight is 394 g/mol. The van der Waals surface area contributed by atoms with Crippen LogP contribution in [0.1, 0.15) is 38.9 Å². The van der Waals surface area contributed by atoms with Gasteiger partial charge in [-0.1, -0.05) is 20.3 Å². The molecule has 1 atom stereocenters. The van der Waals surface area contributed by atoms with Crippen molar-refractivity contribution in [3.63, 3.8) is 0 Å². The highest BCUT2D eigenvalue weighted by Gasteiger charge is 2.22. The Balaban J connectivity index is 1.41. The molecule has 0 spiro atoms. The number of aromatic nitrogens is 2. The number of nitrogens with zero attached hydrogens (tertiary/aromatic N) is 6. The maximum Gasteiger partial charge on any atom is 0.205 e. The summed E-state index contributed by atoms with van der Waals surface area (Å²) in [6.45, 7) is 13.1. The second-order valence-electron chi connectivity index (χ2n) is 7.72. The molecule has 0 radical (unpaired) electrons. The zero-order valence-electron chi connectivity index (χ0n) is 17.2. The molecule has 2 aliphatic heterocycles. The number of guanidine groups is 1. The van der Waals surface area contributed by atoms with Gasteiger partial charge in [0.05, 0.1) is 0 Å². The van der Waals surface area contributed by atoms with E-state index < -0.39 is 0 Å². The fourth-order valence-electron chi connectivity index (χ4n) is 3.87. The molecule has 1 aromatic rings. The molecule has 27 heavy (non-hydrogen) atoms. The normalized spacial score (nSPS) is 20.8. The Labute approximate surface area is 168 Å². The minimum absolute atomic E-state index is 0.634. The fourth-order valence-corrected chi connectivity index (χ4v) is 4.67. The lowest BCUT2D eigenvalue weighted by Crippen LogP contribution is -2.53. The second kappa shape index (κ2) is 10.2. The lowest BCUT2D eigenvalue weighted by atomic mass is 10.1. The lowest BCUT2D eigenvalue weighted by Gasteiger charge is -2.36. The minimum Gasteiger partial charge on any atom is -0.356 e. The van der Waals surface area contributed by atoms with Gasteiger partial charge in [-0.3, -0.25) is 4.99 Å². The Morgan fingerprint density at radius 1 is 1.15 bits per heavy atom. The van der Waals surface area contributed by atoms with Gasteiger partial charge in [0.1, 0.15) is 5.82 Å². The van der Waals surface area contributed by atoms with Crippen LogP contribution < -0.4 is 10.2 Å². The number of aliphatic imine (C=N–C) groups is 1. The van der Waals surface area contributed by atoms with Gasteiger partial charge in [-0.15, -0.1) is 0 Å². The summed E-state index contributed by atoms with van der Waals surface area (Å²) in [6, 6.07) is 0. The van der Waals surface area contributed by atoms with Gasteiger partial charge in [0.25, 0.3) is 0 Å². The van der Waals surface area contributed by atoms with E-state index in [4.69, 9.17) is 0 Å². The van der Waals surface area contributed by atoms with Gasteiger partial charge in [-0.25, -0.2) is 4.98 Å². The van der Waals surface area contributed by atoms with Crippen molar-refractivity contribution < 1.29 is 0 Å². The van der Waals surface area contributed by atoms with E-state index in [1.165, 1.54) is 50.4 Å². The molecule has 1 N–H and O–H groups in total. The minimum atomic E-state index is 0.634. The molecule has 0 bridgehead atoms. The number of hydrogen-bond donors (Lipinski definition) is 1. The van der Waals surface area contributed by atoms with Crippen LogP contribution in [0.25, 0.3) is 0 Å². The topological polar surface area (TPSA) is 59.9 Å². The molecule has 0 aliphatic carbocycles. The van der Waals surface area contributed by atoms with Crippen LogP contribution in [0.2, 0.25) is 0 Å². The molecule has 1 aromatic heterocycles. The summed E-state index contributed by atoms with van der Waals surface area (Å²) in [5.41, 5.74) is 0. The molecule has 3 heterocycles. The van der Waals surface area contributed by atoms with Gasteiger partial charge >= 0.3 is 0 Å². The predicted molar refractivity (Wildman–Crippen MR) is 114 cm³/mol. The van der Waals surface area contributed by atoms with E-state index in [-0.39, 0.29) is 0 Å². The first-order valence-corrected chi connectivity index (χ1v) is 11.2. The van der Waals surface area contributed by atoms with Gasteiger partial charge < -0.3 is 20.0 Å². The van der Waals surface area contributed by atoms with Crippen LogP contribution in [-0.4, -0.2) is 84.5 Å². The van der Waals surface area contributed by atoms with E-state index in [9.17, 15) is 0 Å². The SMILES string of the molecule is CCc1nsc(N2CCN(C(=NC)NCC(C)CN3CCCCC3)CC2)n1. The molecule has 3 rings (SSSR count). The highest BCUT2D eigenvalue weighted by molar-refractivity contribution is 7.09. The number of rotatable bonds is 6. The Kier molecular flexibility index (Phi) is 7.70. The van der Waals surface area contributed by atoms with Gasteiger partial charge in [0.2, 0.25) is 5.13 Å². The standard InChI is InChI=1S/C19H35N7S/c1-4-17-22-19(27-23-17)26-12-10-25(11-13-26)18(20-3)21-14-16(2)15-24-8-6-5-7-9-24/h16H,4-15H2,1-3H3,(H,20,21).